The molecule has 21 heavy (non-hydrogen) atoms. The van der Waals surface area contributed by atoms with Gasteiger partial charge in [-0.3, -0.25) is 4.98 Å². The van der Waals surface area contributed by atoms with Crippen molar-refractivity contribution in [3.8, 4) is 10.7 Å². The van der Waals surface area contributed by atoms with Crippen LogP contribution in [0.3, 0.4) is 0 Å². The van der Waals surface area contributed by atoms with E-state index in [-0.39, 0.29) is 5.82 Å². The summed E-state index contributed by atoms with van der Waals surface area (Å²) < 4.78 is 14.5. The Balaban J connectivity index is 1.72. The van der Waals surface area contributed by atoms with Gasteiger partial charge in [-0.25, -0.2) is 9.37 Å². The summed E-state index contributed by atoms with van der Waals surface area (Å²) in [5.74, 6) is -0.279. The van der Waals surface area contributed by atoms with E-state index in [1.807, 2.05) is 23.6 Å². The first kappa shape index (κ1) is 14.2. The van der Waals surface area contributed by atoms with Crippen LogP contribution in [0, 0.1) is 5.82 Å². The molecule has 3 nitrogen and oxygen atoms in total. The number of thiazole rings is 1. The summed E-state index contributed by atoms with van der Waals surface area (Å²) in [6.07, 6.45) is 1.74. The van der Waals surface area contributed by atoms with Gasteiger partial charge in [0.1, 0.15) is 10.8 Å². The summed E-state index contributed by atoms with van der Waals surface area (Å²) >= 11 is 4.86. The van der Waals surface area contributed by atoms with E-state index >= 15 is 0 Å². The van der Waals surface area contributed by atoms with Crippen LogP contribution in [0.2, 0.25) is 0 Å². The molecule has 1 aromatic carbocycles. The van der Waals surface area contributed by atoms with Crippen LogP contribution in [0.1, 0.15) is 5.69 Å². The lowest BCUT2D eigenvalue weighted by molar-refractivity contribution is 0.629. The number of anilines is 1. The van der Waals surface area contributed by atoms with Crippen molar-refractivity contribution in [2.45, 2.75) is 6.54 Å². The maximum absolute atomic E-state index is 13.6. The predicted octanol–water partition coefficient (Wildman–Crippen LogP) is 4.72. The molecule has 106 valence electrons. The number of pyridine rings is 1. The van der Waals surface area contributed by atoms with Crippen LogP contribution in [0.4, 0.5) is 10.1 Å². The summed E-state index contributed by atoms with van der Waals surface area (Å²) in [7, 11) is 0. The molecule has 0 aliphatic rings. The van der Waals surface area contributed by atoms with Gasteiger partial charge in [-0.1, -0.05) is 22.0 Å². The van der Waals surface area contributed by atoms with Crippen molar-refractivity contribution in [1.29, 1.82) is 0 Å². The number of benzene rings is 1. The highest BCUT2D eigenvalue weighted by Gasteiger charge is 2.07. The Labute approximate surface area is 134 Å². The van der Waals surface area contributed by atoms with Gasteiger partial charge in [0.2, 0.25) is 0 Å². The average Bonchev–Trinajstić information content (AvgIpc) is 2.98. The monoisotopic (exact) mass is 363 g/mol. The fourth-order valence-electron chi connectivity index (χ4n) is 1.81. The minimum absolute atomic E-state index is 0.279. The molecule has 0 amide bonds. The topological polar surface area (TPSA) is 37.8 Å². The third kappa shape index (κ3) is 3.46. The first-order valence-electron chi connectivity index (χ1n) is 6.27. The van der Waals surface area contributed by atoms with Gasteiger partial charge >= 0.3 is 0 Å². The first-order chi connectivity index (χ1) is 10.2. The zero-order chi connectivity index (χ0) is 14.7. The second kappa shape index (κ2) is 6.32. The first-order valence-corrected chi connectivity index (χ1v) is 7.94. The van der Waals surface area contributed by atoms with E-state index in [9.17, 15) is 4.39 Å². The van der Waals surface area contributed by atoms with Gasteiger partial charge < -0.3 is 5.32 Å². The van der Waals surface area contributed by atoms with E-state index in [0.29, 0.717) is 12.2 Å². The van der Waals surface area contributed by atoms with Crippen LogP contribution in [-0.4, -0.2) is 9.97 Å². The summed E-state index contributed by atoms with van der Waals surface area (Å²) in [5, 5.41) is 5.87. The Hall–Kier alpha value is -1.79. The minimum atomic E-state index is -0.279. The highest BCUT2D eigenvalue weighted by molar-refractivity contribution is 9.10. The van der Waals surface area contributed by atoms with Crippen LogP contribution >= 0.6 is 27.3 Å². The number of nitrogens with zero attached hydrogens (tertiary/aromatic N) is 2. The van der Waals surface area contributed by atoms with E-state index in [0.717, 1.165) is 20.9 Å². The molecule has 3 rings (SSSR count). The van der Waals surface area contributed by atoms with Crippen LogP contribution in [0.5, 0.6) is 0 Å². The molecule has 6 heteroatoms. The SMILES string of the molecule is Fc1ccc(Br)cc1NCc1csc(-c2ccccn2)n1. The van der Waals surface area contributed by atoms with E-state index in [2.05, 4.69) is 31.2 Å². The molecule has 0 aliphatic heterocycles. The van der Waals surface area contributed by atoms with Crippen molar-refractivity contribution in [3.05, 3.63) is 64.0 Å². The summed E-state index contributed by atoms with van der Waals surface area (Å²) in [5.41, 5.74) is 2.17. The average molecular weight is 364 g/mol. The molecule has 0 spiro atoms. The maximum atomic E-state index is 13.6. The lowest BCUT2D eigenvalue weighted by atomic mass is 10.3. The Kier molecular flexibility index (Phi) is 4.26. The standard InChI is InChI=1S/C15H11BrFN3S/c16-10-4-5-12(17)14(7-10)19-8-11-9-21-15(20-11)13-3-1-2-6-18-13/h1-7,9,19H,8H2. The molecule has 0 saturated heterocycles. The number of rotatable bonds is 4. The molecule has 0 bridgehead atoms. The van der Waals surface area contributed by atoms with E-state index < -0.39 is 0 Å². The van der Waals surface area contributed by atoms with Gasteiger partial charge in [0.25, 0.3) is 0 Å². The molecular weight excluding hydrogens is 353 g/mol. The number of hydrogen-bond donors (Lipinski definition) is 1. The molecular formula is C15H11BrFN3S. The third-order valence-corrected chi connectivity index (χ3v) is 4.23. The van der Waals surface area contributed by atoms with Gasteiger partial charge in [-0.05, 0) is 30.3 Å². The van der Waals surface area contributed by atoms with E-state index in [4.69, 9.17) is 0 Å². The number of halogens is 2. The minimum Gasteiger partial charge on any atom is -0.377 e. The second-order valence-corrected chi connectivity index (χ2v) is 6.11. The van der Waals surface area contributed by atoms with E-state index in [1.165, 1.54) is 17.4 Å². The molecule has 0 radical (unpaired) electrons. The van der Waals surface area contributed by atoms with Gasteiger partial charge in [0.15, 0.2) is 0 Å². The van der Waals surface area contributed by atoms with Crippen LogP contribution in [0.15, 0.2) is 52.4 Å². The zero-order valence-electron chi connectivity index (χ0n) is 10.9. The normalized spacial score (nSPS) is 10.6. The molecule has 2 heterocycles. The molecule has 3 aromatic rings. The molecule has 0 atom stereocenters. The third-order valence-electron chi connectivity index (χ3n) is 2.82. The van der Waals surface area contributed by atoms with Crippen molar-refractivity contribution >= 4 is 33.0 Å². The Morgan fingerprint density at radius 2 is 2.14 bits per heavy atom. The largest absolute Gasteiger partial charge is 0.377 e. The smallest absolute Gasteiger partial charge is 0.146 e. The van der Waals surface area contributed by atoms with Gasteiger partial charge in [0.05, 0.1) is 23.6 Å². The molecule has 2 aromatic heterocycles. The summed E-state index contributed by atoms with van der Waals surface area (Å²) in [6, 6.07) is 10.5. The number of aromatic nitrogens is 2. The molecule has 0 unspecified atom stereocenters. The molecule has 0 fully saturated rings. The van der Waals surface area contributed by atoms with E-state index in [1.54, 1.807) is 18.3 Å². The predicted molar refractivity (Wildman–Crippen MR) is 86.8 cm³/mol. The van der Waals surface area contributed by atoms with Crippen molar-refractivity contribution < 1.29 is 4.39 Å². The lowest BCUT2D eigenvalue weighted by Gasteiger charge is -2.06. The molecule has 0 aliphatic carbocycles. The van der Waals surface area contributed by atoms with Crippen LogP contribution in [0.25, 0.3) is 10.7 Å². The van der Waals surface area contributed by atoms with Gasteiger partial charge in [-0.15, -0.1) is 11.3 Å². The highest BCUT2D eigenvalue weighted by Crippen LogP contribution is 2.23. The lowest BCUT2D eigenvalue weighted by Crippen LogP contribution is -2.01. The number of hydrogen-bond acceptors (Lipinski definition) is 4. The van der Waals surface area contributed by atoms with Crippen molar-refractivity contribution in [2.75, 3.05) is 5.32 Å². The van der Waals surface area contributed by atoms with Gasteiger partial charge in [-0.2, -0.15) is 0 Å². The maximum Gasteiger partial charge on any atom is 0.146 e. The quantitative estimate of drug-likeness (QED) is 0.728. The summed E-state index contributed by atoms with van der Waals surface area (Å²) in [4.78, 5) is 8.77. The Morgan fingerprint density at radius 1 is 1.24 bits per heavy atom. The Bertz CT molecular complexity index is 746. The molecule has 0 saturated carbocycles. The zero-order valence-corrected chi connectivity index (χ0v) is 13.3. The van der Waals surface area contributed by atoms with Crippen molar-refractivity contribution in [1.82, 2.24) is 9.97 Å². The number of nitrogens with one attached hydrogen (secondary N) is 1. The molecule has 1 N–H and O–H groups in total. The van der Waals surface area contributed by atoms with Gasteiger partial charge in [0, 0.05) is 16.0 Å². The van der Waals surface area contributed by atoms with Crippen molar-refractivity contribution in [3.63, 3.8) is 0 Å². The fraction of sp³-hybridized carbons (Fsp3) is 0.0667. The fourth-order valence-corrected chi connectivity index (χ4v) is 2.97. The van der Waals surface area contributed by atoms with Crippen LogP contribution < -0.4 is 5.32 Å². The summed E-state index contributed by atoms with van der Waals surface area (Å²) in [6.45, 7) is 0.469. The second-order valence-electron chi connectivity index (χ2n) is 4.34. The highest BCUT2D eigenvalue weighted by atomic mass is 79.9. The Morgan fingerprint density at radius 3 is 2.95 bits per heavy atom. The van der Waals surface area contributed by atoms with Crippen LogP contribution in [-0.2, 0) is 6.54 Å². The van der Waals surface area contributed by atoms with Crippen molar-refractivity contribution in [2.24, 2.45) is 0 Å².